The fourth-order valence-corrected chi connectivity index (χ4v) is 5.70. The molecule has 2 heterocycles. The predicted octanol–water partition coefficient (Wildman–Crippen LogP) is 6.90. The number of piperidine rings is 1. The number of rotatable bonds is 7. The third kappa shape index (κ3) is 5.85. The van der Waals surface area contributed by atoms with Crippen molar-refractivity contribution in [2.75, 3.05) is 25.5 Å². The first-order valence-corrected chi connectivity index (χ1v) is 13.8. The van der Waals surface area contributed by atoms with E-state index in [0.29, 0.717) is 17.2 Å². The average Bonchev–Trinajstić information content (AvgIpc) is 2.93. The van der Waals surface area contributed by atoms with Crippen LogP contribution in [0.3, 0.4) is 0 Å². The van der Waals surface area contributed by atoms with Gasteiger partial charge in [-0.2, -0.15) is 0 Å². The van der Waals surface area contributed by atoms with Crippen LogP contribution in [0, 0.1) is 18.7 Å². The molecule has 0 bridgehead atoms. The maximum absolute atomic E-state index is 14.0. The molecule has 40 heavy (non-hydrogen) atoms. The molecule has 3 aromatic carbocycles. The van der Waals surface area contributed by atoms with Gasteiger partial charge >= 0.3 is 5.97 Å². The Morgan fingerprint density at radius 1 is 1.00 bits per heavy atom. The third-order valence-electron chi connectivity index (χ3n) is 7.62. The Labute approximate surface area is 235 Å². The van der Waals surface area contributed by atoms with Crippen molar-refractivity contribution in [3.05, 3.63) is 77.1 Å². The molecule has 0 amide bonds. The molecule has 0 aliphatic carbocycles. The summed E-state index contributed by atoms with van der Waals surface area (Å²) in [5.74, 6) is 0.889. The number of benzene rings is 3. The highest BCUT2D eigenvalue weighted by Gasteiger charge is 2.28. The lowest BCUT2D eigenvalue weighted by molar-refractivity contribution is -0.139. The van der Waals surface area contributed by atoms with Crippen LogP contribution in [0.2, 0.25) is 0 Å². The zero-order chi connectivity index (χ0) is 28.4. The van der Waals surface area contributed by atoms with E-state index in [1.54, 1.807) is 19.2 Å². The van der Waals surface area contributed by atoms with E-state index in [1.807, 2.05) is 19.1 Å². The van der Waals surface area contributed by atoms with Crippen LogP contribution in [0.25, 0.3) is 16.7 Å². The Bertz CT molecular complexity index is 1460. The summed E-state index contributed by atoms with van der Waals surface area (Å²) in [4.78, 5) is 12.7. The smallest absolute Gasteiger partial charge is 0.314 e. The number of carbonyl (C=O) groups is 1. The molecule has 0 saturated carbocycles. The molecule has 2 aliphatic heterocycles. The van der Waals surface area contributed by atoms with Gasteiger partial charge in [-0.05, 0) is 94.6 Å². The standard InChI is InChI=1S/C33H37FN2O4/c1-20-6-7-23(34)16-29(20)39-19-27-25(10-11-28-31(27)21(2)18-33(3,4)36-28)26-9-8-24(17-30(26)38-5)40-32(37)22-12-14-35-15-13-22/h6-11,16-18,22,35-36H,12-15,19H2,1-5H3. The number of aryl methyl sites for hydroxylation is 1. The van der Waals surface area contributed by atoms with Crippen molar-refractivity contribution in [3.8, 4) is 28.4 Å². The van der Waals surface area contributed by atoms with Gasteiger partial charge in [0.25, 0.3) is 0 Å². The summed E-state index contributed by atoms with van der Waals surface area (Å²) in [6.45, 7) is 10.1. The van der Waals surface area contributed by atoms with Crippen molar-refractivity contribution >= 4 is 17.2 Å². The molecule has 0 radical (unpaired) electrons. The van der Waals surface area contributed by atoms with E-state index in [-0.39, 0.29) is 29.9 Å². The summed E-state index contributed by atoms with van der Waals surface area (Å²) in [7, 11) is 1.61. The van der Waals surface area contributed by atoms with Gasteiger partial charge in [-0.15, -0.1) is 0 Å². The van der Waals surface area contributed by atoms with Crippen LogP contribution in [-0.4, -0.2) is 31.7 Å². The van der Waals surface area contributed by atoms with Crippen LogP contribution in [0.1, 0.15) is 50.3 Å². The summed E-state index contributed by atoms with van der Waals surface area (Å²) >= 11 is 0. The van der Waals surface area contributed by atoms with Gasteiger partial charge in [-0.25, -0.2) is 4.39 Å². The largest absolute Gasteiger partial charge is 0.496 e. The van der Waals surface area contributed by atoms with Crippen LogP contribution >= 0.6 is 0 Å². The molecule has 1 fully saturated rings. The number of halogens is 1. The van der Waals surface area contributed by atoms with Gasteiger partial charge in [-0.1, -0.05) is 18.2 Å². The molecule has 5 rings (SSSR count). The van der Waals surface area contributed by atoms with Gasteiger partial charge in [-0.3, -0.25) is 4.79 Å². The summed E-state index contributed by atoms with van der Waals surface area (Å²) in [5, 5.41) is 6.88. The van der Waals surface area contributed by atoms with E-state index in [9.17, 15) is 9.18 Å². The minimum Gasteiger partial charge on any atom is -0.496 e. The Balaban J connectivity index is 1.53. The van der Waals surface area contributed by atoms with Gasteiger partial charge in [0.2, 0.25) is 0 Å². The molecular weight excluding hydrogens is 507 g/mol. The zero-order valence-electron chi connectivity index (χ0n) is 23.8. The van der Waals surface area contributed by atoms with Crippen molar-refractivity contribution in [1.29, 1.82) is 0 Å². The van der Waals surface area contributed by atoms with E-state index in [0.717, 1.165) is 65.0 Å². The molecule has 0 unspecified atom stereocenters. The number of hydrogen-bond donors (Lipinski definition) is 2. The molecule has 3 aromatic rings. The van der Waals surface area contributed by atoms with E-state index in [2.05, 4.69) is 49.6 Å². The SMILES string of the molecule is COc1cc(OC(=O)C2CCNCC2)ccc1-c1ccc2c(c1COc1cc(F)ccc1C)C(C)=CC(C)(C)N2. The van der Waals surface area contributed by atoms with Crippen molar-refractivity contribution in [2.45, 2.75) is 52.7 Å². The molecule has 6 nitrogen and oxygen atoms in total. The Kier molecular flexibility index (Phi) is 7.86. The first-order chi connectivity index (χ1) is 19.1. The number of hydrogen-bond acceptors (Lipinski definition) is 6. The van der Waals surface area contributed by atoms with Crippen molar-refractivity contribution in [3.63, 3.8) is 0 Å². The molecule has 2 aliphatic rings. The number of esters is 1. The Morgan fingerprint density at radius 2 is 1.75 bits per heavy atom. The molecule has 1 saturated heterocycles. The number of fused-ring (bicyclic) bond motifs is 1. The lowest BCUT2D eigenvalue weighted by Crippen LogP contribution is -2.33. The summed E-state index contributed by atoms with van der Waals surface area (Å²) in [5.41, 5.74) is 6.57. The van der Waals surface area contributed by atoms with Crippen LogP contribution in [-0.2, 0) is 11.4 Å². The summed E-state index contributed by atoms with van der Waals surface area (Å²) in [6.07, 6.45) is 3.75. The lowest BCUT2D eigenvalue weighted by Gasteiger charge is -2.33. The predicted molar refractivity (Wildman–Crippen MR) is 156 cm³/mol. The first kappa shape index (κ1) is 27.7. The van der Waals surface area contributed by atoms with Gasteiger partial charge in [0.05, 0.1) is 18.6 Å². The Morgan fingerprint density at radius 3 is 2.50 bits per heavy atom. The van der Waals surface area contributed by atoms with Crippen LogP contribution in [0.15, 0.2) is 54.6 Å². The fourth-order valence-electron chi connectivity index (χ4n) is 5.70. The maximum atomic E-state index is 14.0. The highest BCUT2D eigenvalue weighted by Crippen LogP contribution is 2.43. The second-order valence-electron chi connectivity index (χ2n) is 11.2. The van der Waals surface area contributed by atoms with E-state index < -0.39 is 0 Å². The number of methoxy groups -OCH3 is 1. The highest BCUT2D eigenvalue weighted by atomic mass is 19.1. The second kappa shape index (κ2) is 11.3. The Hall–Kier alpha value is -3.84. The van der Waals surface area contributed by atoms with Crippen LogP contribution in [0.5, 0.6) is 17.2 Å². The highest BCUT2D eigenvalue weighted by molar-refractivity contribution is 5.88. The molecular formula is C33H37FN2O4. The van der Waals surface area contributed by atoms with Crippen molar-refractivity contribution < 1.29 is 23.4 Å². The number of allylic oxidation sites excluding steroid dienone is 1. The van der Waals surface area contributed by atoms with E-state index in [4.69, 9.17) is 14.2 Å². The molecule has 2 N–H and O–H groups in total. The summed E-state index contributed by atoms with van der Waals surface area (Å²) < 4.78 is 31.8. The van der Waals surface area contributed by atoms with Gasteiger partial charge in [0, 0.05) is 34.5 Å². The monoisotopic (exact) mass is 544 g/mol. The minimum absolute atomic E-state index is 0.103. The van der Waals surface area contributed by atoms with Crippen LogP contribution in [0.4, 0.5) is 10.1 Å². The van der Waals surface area contributed by atoms with Crippen molar-refractivity contribution in [1.82, 2.24) is 5.32 Å². The zero-order valence-corrected chi connectivity index (χ0v) is 23.8. The van der Waals surface area contributed by atoms with Crippen LogP contribution < -0.4 is 24.8 Å². The van der Waals surface area contributed by atoms with Gasteiger partial charge in [0.1, 0.15) is 29.7 Å². The number of carbonyl (C=O) groups excluding carboxylic acids is 1. The quantitative estimate of drug-likeness (QED) is 0.249. The van der Waals surface area contributed by atoms with E-state index in [1.165, 1.54) is 12.1 Å². The lowest BCUT2D eigenvalue weighted by atomic mass is 9.85. The molecule has 0 spiro atoms. The second-order valence-corrected chi connectivity index (χ2v) is 11.2. The van der Waals surface area contributed by atoms with E-state index >= 15 is 0 Å². The van der Waals surface area contributed by atoms with Crippen molar-refractivity contribution in [2.24, 2.45) is 5.92 Å². The average molecular weight is 545 g/mol. The minimum atomic E-state index is -0.341. The summed E-state index contributed by atoms with van der Waals surface area (Å²) in [6, 6.07) is 14.2. The first-order valence-electron chi connectivity index (χ1n) is 13.8. The molecule has 0 aromatic heterocycles. The number of nitrogens with one attached hydrogen (secondary N) is 2. The normalized spacial score (nSPS) is 16.4. The molecule has 0 atom stereocenters. The maximum Gasteiger partial charge on any atom is 0.314 e. The topological polar surface area (TPSA) is 68.8 Å². The fraction of sp³-hybridized carbons (Fsp3) is 0.364. The van der Waals surface area contributed by atoms with Gasteiger partial charge in [0.15, 0.2) is 0 Å². The molecule has 210 valence electrons. The molecule has 7 heteroatoms. The van der Waals surface area contributed by atoms with Gasteiger partial charge < -0.3 is 24.8 Å². The number of ether oxygens (including phenoxy) is 3. The number of anilines is 1. The third-order valence-corrected chi connectivity index (χ3v) is 7.62.